The van der Waals surface area contributed by atoms with Crippen LogP contribution in [0.2, 0.25) is 0 Å². The zero-order valence-electron chi connectivity index (χ0n) is 26.0. The van der Waals surface area contributed by atoms with Gasteiger partial charge in [0.2, 0.25) is 0 Å². The molecule has 0 saturated carbocycles. The minimum absolute atomic E-state index is 0.343. The van der Waals surface area contributed by atoms with E-state index in [1.165, 1.54) is 33.4 Å². The van der Waals surface area contributed by atoms with Crippen LogP contribution in [0.15, 0.2) is 109 Å². The Morgan fingerprint density at radius 1 is 0.605 bits per heavy atom. The van der Waals surface area contributed by atoms with Crippen molar-refractivity contribution in [2.75, 3.05) is 26.2 Å². The van der Waals surface area contributed by atoms with Crippen molar-refractivity contribution in [2.24, 2.45) is 0 Å². The lowest BCUT2D eigenvalue weighted by Gasteiger charge is -2.23. The number of rotatable bonds is 15. The van der Waals surface area contributed by atoms with Gasteiger partial charge >= 0.3 is 6.09 Å². The number of carbonyl (C=O) groups excluding carboxylic acids is 1. The summed E-state index contributed by atoms with van der Waals surface area (Å²) in [6.07, 6.45) is 2.67. The van der Waals surface area contributed by atoms with Crippen LogP contribution in [-0.4, -0.2) is 42.8 Å². The lowest BCUT2D eigenvalue weighted by Crippen LogP contribution is -2.33. The van der Waals surface area contributed by atoms with Crippen molar-refractivity contribution >= 4 is 6.09 Å². The first-order valence-electron chi connectivity index (χ1n) is 15.5. The molecular formula is C38H47N3O2. The molecule has 0 unspecified atom stereocenters. The van der Waals surface area contributed by atoms with Crippen molar-refractivity contribution < 1.29 is 9.53 Å². The van der Waals surface area contributed by atoms with Gasteiger partial charge in [0.25, 0.3) is 0 Å². The second-order valence-electron chi connectivity index (χ2n) is 12.1. The minimum atomic E-state index is -0.462. The van der Waals surface area contributed by atoms with Crippen LogP contribution in [-0.2, 0) is 17.8 Å². The molecule has 5 nitrogen and oxygen atoms in total. The molecule has 0 aliphatic rings. The fourth-order valence-corrected chi connectivity index (χ4v) is 5.03. The van der Waals surface area contributed by atoms with E-state index in [9.17, 15) is 4.79 Å². The second kappa shape index (κ2) is 16.6. The van der Waals surface area contributed by atoms with Gasteiger partial charge in [-0.3, -0.25) is 4.90 Å². The Morgan fingerprint density at radius 2 is 1.05 bits per heavy atom. The molecule has 4 rings (SSSR count). The van der Waals surface area contributed by atoms with Crippen LogP contribution in [0.1, 0.15) is 51.2 Å². The molecule has 2 N–H and O–H groups in total. The highest BCUT2D eigenvalue weighted by atomic mass is 16.6. The lowest BCUT2D eigenvalue weighted by atomic mass is 10.0. The van der Waals surface area contributed by atoms with Crippen LogP contribution >= 0.6 is 0 Å². The van der Waals surface area contributed by atoms with Crippen LogP contribution in [0.3, 0.4) is 0 Å². The van der Waals surface area contributed by atoms with Crippen molar-refractivity contribution in [3.05, 3.63) is 120 Å². The molecule has 0 heterocycles. The molecule has 0 aromatic heterocycles. The molecule has 0 atom stereocenters. The predicted molar refractivity (Wildman–Crippen MR) is 179 cm³/mol. The number of amides is 1. The van der Waals surface area contributed by atoms with E-state index in [0.717, 1.165) is 52.0 Å². The van der Waals surface area contributed by atoms with E-state index in [2.05, 4.69) is 125 Å². The summed E-state index contributed by atoms with van der Waals surface area (Å²) in [4.78, 5) is 14.3. The molecule has 0 saturated heterocycles. The van der Waals surface area contributed by atoms with Crippen LogP contribution < -0.4 is 10.6 Å². The van der Waals surface area contributed by atoms with Gasteiger partial charge in [0, 0.05) is 26.2 Å². The van der Waals surface area contributed by atoms with Gasteiger partial charge in [-0.2, -0.15) is 0 Å². The molecule has 0 aliphatic carbocycles. The van der Waals surface area contributed by atoms with E-state index in [-0.39, 0.29) is 6.09 Å². The first-order chi connectivity index (χ1) is 20.9. The third-order valence-corrected chi connectivity index (χ3v) is 7.21. The third-order valence-electron chi connectivity index (χ3n) is 7.21. The van der Waals surface area contributed by atoms with Crippen molar-refractivity contribution in [1.82, 2.24) is 15.5 Å². The van der Waals surface area contributed by atoms with Gasteiger partial charge in [0.1, 0.15) is 5.60 Å². The standard InChI is InChI=1S/C38H47N3O2/c1-38(2,3)43-37(42)40-27-11-10-25-39-26-12-28-41(29-31-17-21-35(22-18-31)33-13-6-4-7-14-33)30-32-19-23-36(24-20-32)34-15-8-5-9-16-34/h4-9,13-24,39H,10-12,25-30H2,1-3H3,(H,40,42). The van der Waals surface area contributed by atoms with Crippen molar-refractivity contribution in [3.63, 3.8) is 0 Å². The maximum atomic E-state index is 11.8. The summed E-state index contributed by atoms with van der Waals surface area (Å²) < 4.78 is 5.29. The van der Waals surface area contributed by atoms with Crippen LogP contribution in [0, 0.1) is 0 Å². The van der Waals surface area contributed by atoms with Crippen molar-refractivity contribution in [2.45, 2.75) is 58.7 Å². The van der Waals surface area contributed by atoms with E-state index >= 15 is 0 Å². The maximum absolute atomic E-state index is 11.8. The van der Waals surface area contributed by atoms with Gasteiger partial charge in [0.05, 0.1) is 0 Å². The maximum Gasteiger partial charge on any atom is 0.407 e. The zero-order valence-corrected chi connectivity index (χ0v) is 26.0. The summed E-state index contributed by atoms with van der Waals surface area (Å²) in [5.74, 6) is 0. The summed E-state index contributed by atoms with van der Waals surface area (Å²) in [5, 5.41) is 6.41. The number of carbonyl (C=O) groups is 1. The van der Waals surface area contributed by atoms with Gasteiger partial charge in [-0.05, 0) is 86.5 Å². The molecule has 4 aromatic rings. The molecule has 4 aromatic carbocycles. The molecule has 43 heavy (non-hydrogen) atoms. The van der Waals surface area contributed by atoms with Gasteiger partial charge in [-0.25, -0.2) is 4.79 Å². The molecule has 5 heteroatoms. The third kappa shape index (κ3) is 11.7. The van der Waals surface area contributed by atoms with Gasteiger partial charge in [-0.15, -0.1) is 0 Å². The van der Waals surface area contributed by atoms with E-state index in [1.54, 1.807) is 0 Å². The van der Waals surface area contributed by atoms with E-state index in [1.807, 2.05) is 20.8 Å². The topological polar surface area (TPSA) is 53.6 Å². The quantitative estimate of drug-likeness (QED) is 0.140. The molecule has 1 amide bonds. The van der Waals surface area contributed by atoms with E-state index in [0.29, 0.717) is 6.54 Å². The normalized spacial score (nSPS) is 11.4. The molecule has 0 aliphatic heterocycles. The Hall–Kier alpha value is -3.93. The Kier molecular flexibility index (Phi) is 12.4. The molecular weight excluding hydrogens is 530 g/mol. The molecule has 0 radical (unpaired) electrons. The SMILES string of the molecule is CC(C)(C)OC(=O)NCCCCNCCCN(Cc1ccc(-c2ccccc2)cc1)Cc1ccc(-c2ccccc2)cc1. The van der Waals surface area contributed by atoms with Crippen molar-refractivity contribution in [1.29, 1.82) is 0 Å². The predicted octanol–water partition coefficient (Wildman–Crippen LogP) is 8.31. The second-order valence-corrected chi connectivity index (χ2v) is 12.1. The van der Waals surface area contributed by atoms with E-state index < -0.39 is 5.60 Å². The highest BCUT2D eigenvalue weighted by Gasteiger charge is 2.15. The number of ether oxygens (including phenoxy) is 1. The fourth-order valence-electron chi connectivity index (χ4n) is 5.03. The number of unbranched alkanes of at least 4 members (excludes halogenated alkanes) is 1. The van der Waals surface area contributed by atoms with Crippen LogP contribution in [0.5, 0.6) is 0 Å². The van der Waals surface area contributed by atoms with Crippen LogP contribution in [0.25, 0.3) is 22.3 Å². The number of alkyl carbamates (subject to hydrolysis) is 1. The highest BCUT2D eigenvalue weighted by Crippen LogP contribution is 2.22. The summed E-state index contributed by atoms with van der Waals surface area (Å²) in [6, 6.07) is 39.1. The summed E-state index contributed by atoms with van der Waals surface area (Å²) in [5.41, 5.74) is 7.18. The van der Waals surface area contributed by atoms with Crippen LogP contribution in [0.4, 0.5) is 4.79 Å². The first-order valence-corrected chi connectivity index (χ1v) is 15.5. The zero-order chi connectivity index (χ0) is 30.3. The minimum Gasteiger partial charge on any atom is -0.444 e. The smallest absolute Gasteiger partial charge is 0.407 e. The van der Waals surface area contributed by atoms with Gasteiger partial charge in [-0.1, -0.05) is 109 Å². The number of hydrogen-bond acceptors (Lipinski definition) is 4. The molecule has 226 valence electrons. The Morgan fingerprint density at radius 3 is 1.53 bits per heavy atom. The largest absolute Gasteiger partial charge is 0.444 e. The number of nitrogens with zero attached hydrogens (tertiary/aromatic N) is 1. The van der Waals surface area contributed by atoms with Gasteiger partial charge < -0.3 is 15.4 Å². The summed E-state index contributed by atoms with van der Waals surface area (Å²) >= 11 is 0. The number of nitrogens with one attached hydrogen (secondary N) is 2. The Balaban J connectivity index is 1.26. The van der Waals surface area contributed by atoms with Gasteiger partial charge in [0.15, 0.2) is 0 Å². The average molecular weight is 578 g/mol. The van der Waals surface area contributed by atoms with E-state index in [4.69, 9.17) is 4.74 Å². The summed E-state index contributed by atoms with van der Waals surface area (Å²) in [7, 11) is 0. The highest BCUT2D eigenvalue weighted by molar-refractivity contribution is 5.67. The molecule has 0 bridgehead atoms. The summed E-state index contributed by atoms with van der Waals surface area (Å²) in [6.45, 7) is 11.0. The Bertz CT molecular complexity index is 1260. The van der Waals surface area contributed by atoms with Crippen molar-refractivity contribution in [3.8, 4) is 22.3 Å². The lowest BCUT2D eigenvalue weighted by molar-refractivity contribution is 0.0527. The molecule has 0 fully saturated rings. The monoisotopic (exact) mass is 577 g/mol. The number of benzene rings is 4. The first kappa shape index (κ1) is 32.0. The fraction of sp³-hybridized carbons (Fsp3) is 0.342. The molecule has 0 spiro atoms. The number of hydrogen-bond donors (Lipinski definition) is 2. The Labute approximate surface area is 258 Å². The average Bonchev–Trinajstić information content (AvgIpc) is 3.01.